The number of hydrogen-bond acceptors (Lipinski definition) is 3. The van der Waals surface area contributed by atoms with E-state index in [1.807, 2.05) is 0 Å². The molecule has 1 aliphatic heterocycles. The summed E-state index contributed by atoms with van der Waals surface area (Å²) in [5.41, 5.74) is 0.345. The molecular formula is C15H32N2O. The monoisotopic (exact) mass is 256 g/mol. The van der Waals surface area contributed by atoms with E-state index in [-0.39, 0.29) is 0 Å². The molecule has 0 radical (unpaired) electrons. The molecule has 2 atom stereocenters. The second-order valence-electron chi connectivity index (χ2n) is 6.19. The molecule has 2 unspecified atom stereocenters. The molecule has 3 nitrogen and oxygen atoms in total. The second kappa shape index (κ2) is 8.13. The zero-order valence-electron chi connectivity index (χ0n) is 12.8. The normalized spacial score (nSPS) is 25.8. The molecule has 0 aromatic carbocycles. The highest BCUT2D eigenvalue weighted by atomic mass is 16.5. The predicted octanol–water partition coefficient (Wildman–Crippen LogP) is 2.37. The molecule has 1 saturated heterocycles. The van der Waals surface area contributed by atoms with Crippen LogP contribution < -0.4 is 5.32 Å². The van der Waals surface area contributed by atoms with Crippen LogP contribution in [0.3, 0.4) is 0 Å². The van der Waals surface area contributed by atoms with E-state index < -0.39 is 0 Å². The van der Waals surface area contributed by atoms with E-state index in [2.05, 4.69) is 38.0 Å². The largest absolute Gasteiger partial charge is 0.381 e. The minimum absolute atomic E-state index is 0.345. The third-order valence-electron chi connectivity index (χ3n) is 4.04. The Morgan fingerprint density at radius 3 is 2.72 bits per heavy atom. The zero-order chi connectivity index (χ0) is 13.4. The molecule has 108 valence electrons. The van der Waals surface area contributed by atoms with Crippen LogP contribution >= 0.6 is 0 Å². The van der Waals surface area contributed by atoms with Gasteiger partial charge in [-0.1, -0.05) is 27.2 Å². The van der Waals surface area contributed by atoms with Crippen LogP contribution in [0, 0.1) is 11.3 Å². The van der Waals surface area contributed by atoms with Gasteiger partial charge in [0.25, 0.3) is 0 Å². The van der Waals surface area contributed by atoms with Crippen LogP contribution in [0.25, 0.3) is 0 Å². The van der Waals surface area contributed by atoms with Crippen LogP contribution in [0.2, 0.25) is 0 Å². The van der Waals surface area contributed by atoms with Gasteiger partial charge in [0.15, 0.2) is 0 Å². The van der Waals surface area contributed by atoms with Crippen molar-refractivity contribution in [3.05, 3.63) is 0 Å². The minimum atomic E-state index is 0.345. The second-order valence-corrected chi connectivity index (χ2v) is 6.19. The molecule has 18 heavy (non-hydrogen) atoms. The van der Waals surface area contributed by atoms with Crippen molar-refractivity contribution in [1.29, 1.82) is 0 Å². The average Bonchev–Trinajstić information content (AvgIpc) is 2.77. The summed E-state index contributed by atoms with van der Waals surface area (Å²) in [6.07, 6.45) is 3.68. The van der Waals surface area contributed by atoms with Gasteiger partial charge in [-0.3, -0.25) is 0 Å². The van der Waals surface area contributed by atoms with Crippen LogP contribution in [-0.4, -0.2) is 51.3 Å². The first-order valence-corrected chi connectivity index (χ1v) is 7.59. The molecule has 0 saturated carbocycles. The van der Waals surface area contributed by atoms with Crippen LogP contribution in [0.5, 0.6) is 0 Å². The summed E-state index contributed by atoms with van der Waals surface area (Å²) < 4.78 is 5.66. The number of nitrogens with one attached hydrogen (secondary N) is 1. The summed E-state index contributed by atoms with van der Waals surface area (Å²) >= 11 is 0. The molecule has 0 bridgehead atoms. The van der Waals surface area contributed by atoms with E-state index in [0.29, 0.717) is 5.41 Å². The smallest absolute Gasteiger partial charge is 0.0547 e. The standard InChI is InChI=1S/C15H32N2O/c1-5-8-16-11-15(7-9-18-13-15)12-17(4)10-14(3)6-2/h14,16H,5-13H2,1-4H3. The highest BCUT2D eigenvalue weighted by Gasteiger charge is 2.35. The number of rotatable bonds is 9. The van der Waals surface area contributed by atoms with Crippen molar-refractivity contribution in [2.24, 2.45) is 11.3 Å². The predicted molar refractivity (Wildman–Crippen MR) is 78.0 cm³/mol. The first kappa shape index (κ1) is 15.9. The lowest BCUT2D eigenvalue weighted by molar-refractivity contribution is 0.113. The Labute approximate surface area is 113 Å². The van der Waals surface area contributed by atoms with Crippen molar-refractivity contribution in [3.63, 3.8) is 0 Å². The Morgan fingerprint density at radius 2 is 2.17 bits per heavy atom. The van der Waals surface area contributed by atoms with Gasteiger partial charge in [-0.25, -0.2) is 0 Å². The molecule has 3 heteroatoms. The summed E-state index contributed by atoms with van der Waals surface area (Å²) in [5.74, 6) is 0.790. The van der Waals surface area contributed by atoms with Gasteiger partial charge in [-0.2, -0.15) is 0 Å². The van der Waals surface area contributed by atoms with E-state index in [9.17, 15) is 0 Å². The summed E-state index contributed by atoms with van der Waals surface area (Å²) in [5, 5.41) is 3.58. The van der Waals surface area contributed by atoms with Crippen molar-refractivity contribution >= 4 is 0 Å². The molecule has 0 aromatic heterocycles. The van der Waals surface area contributed by atoms with E-state index in [0.717, 1.165) is 38.8 Å². The third kappa shape index (κ3) is 5.25. The van der Waals surface area contributed by atoms with Crippen molar-refractivity contribution in [2.45, 2.75) is 40.0 Å². The van der Waals surface area contributed by atoms with Crippen LogP contribution in [0.4, 0.5) is 0 Å². The first-order valence-electron chi connectivity index (χ1n) is 7.59. The molecule has 0 amide bonds. The summed E-state index contributed by atoms with van der Waals surface area (Å²) in [6.45, 7) is 13.3. The Morgan fingerprint density at radius 1 is 1.39 bits per heavy atom. The fourth-order valence-corrected chi connectivity index (χ4v) is 2.80. The molecule has 1 rings (SSSR count). The van der Waals surface area contributed by atoms with Gasteiger partial charge in [0, 0.05) is 31.7 Å². The molecular weight excluding hydrogens is 224 g/mol. The maximum Gasteiger partial charge on any atom is 0.0547 e. The maximum atomic E-state index is 5.66. The van der Waals surface area contributed by atoms with Gasteiger partial charge < -0.3 is 15.0 Å². The first-order chi connectivity index (χ1) is 8.62. The zero-order valence-corrected chi connectivity index (χ0v) is 12.8. The summed E-state index contributed by atoms with van der Waals surface area (Å²) in [7, 11) is 2.26. The van der Waals surface area contributed by atoms with Gasteiger partial charge in [-0.15, -0.1) is 0 Å². The van der Waals surface area contributed by atoms with Crippen molar-refractivity contribution in [1.82, 2.24) is 10.2 Å². The van der Waals surface area contributed by atoms with Crippen molar-refractivity contribution < 1.29 is 4.74 Å². The quantitative estimate of drug-likeness (QED) is 0.641. The van der Waals surface area contributed by atoms with E-state index in [1.165, 1.54) is 25.8 Å². The number of nitrogens with zero attached hydrogens (tertiary/aromatic N) is 1. The van der Waals surface area contributed by atoms with Crippen molar-refractivity contribution in [2.75, 3.05) is 46.4 Å². The third-order valence-corrected chi connectivity index (χ3v) is 4.04. The number of ether oxygens (including phenoxy) is 1. The summed E-state index contributed by atoms with van der Waals surface area (Å²) in [4.78, 5) is 2.50. The highest BCUT2D eigenvalue weighted by Crippen LogP contribution is 2.29. The van der Waals surface area contributed by atoms with E-state index in [4.69, 9.17) is 4.74 Å². The van der Waals surface area contributed by atoms with Gasteiger partial charge >= 0.3 is 0 Å². The van der Waals surface area contributed by atoms with Gasteiger partial charge in [0.1, 0.15) is 0 Å². The van der Waals surface area contributed by atoms with Gasteiger partial charge in [0.2, 0.25) is 0 Å². The van der Waals surface area contributed by atoms with Gasteiger partial charge in [0.05, 0.1) is 6.61 Å². The SMILES string of the molecule is CCCNCC1(CN(C)CC(C)CC)CCOC1. The Bertz CT molecular complexity index is 215. The van der Waals surface area contributed by atoms with Crippen LogP contribution in [-0.2, 0) is 4.74 Å². The van der Waals surface area contributed by atoms with E-state index in [1.54, 1.807) is 0 Å². The lowest BCUT2D eigenvalue weighted by atomic mass is 9.86. The maximum absolute atomic E-state index is 5.66. The molecule has 0 aromatic rings. The molecule has 1 aliphatic rings. The topological polar surface area (TPSA) is 24.5 Å². The lowest BCUT2D eigenvalue weighted by Gasteiger charge is -2.33. The van der Waals surface area contributed by atoms with Gasteiger partial charge in [-0.05, 0) is 32.4 Å². The Kier molecular flexibility index (Phi) is 7.20. The molecule has 1 fully saturated rings. The molecule has 1 heterocycles. The highest BCUT2D eigenvalue weighted by molar-refractivity contribution is 4.88. The van der Waals surface area contributed by atoms with E-state index >= 15 is 0 Å². The van der Waals surface area contributed by atoms with Crippen LogP contribution in [0.1, 0.15) is 40.0 Å². The fourth-order valence-electron chi connectivity index (χ4n) is 2.80. The Balaban J connectivity index is 2.41. The Hall–Kier alpha value is -0.120. The molecule has 0 aliphatic carbocycles. The fraction of sp³-hybridized carbons (Fsp3) is 1.00. The average molecular weight is 256 g/mol. The number of hydrogen-bond donors (Lipinski definition) is 1. The summed E-state index contributed by atoms with van der Waals surface area (Å²) in [6, 6.07) is 0. The lowest BCUT2D eigenvalue weighted by Crippen LogP contribution is -2.44. The van der Waals surface area contributed by atoms with Crippen LogP contribution in [0.15, 0.2) is 0 Å². The molecule has 0 spiro atoms. The minimum Gasteiger partial charge on any atom is -0.381 e. The van der Waals surface area contributed by atoms with Crippen molar-refractivity contribution in [3.8, 4) is 0 Å². The molecule has 1 N–H and O–H groups in total.